The lowest BCUT2D eigenvalue weighted by atomic mass is 10.1. The first-order valence-electron chi connectivity index (χ1n) is 8.30. The van der Waals surface area contributed by atoms with E-state index in [1.165, 1.54) is 0 Å². The van der Waals surface area contributed by atoms with Gasteiger partial charge >= 0.3 is 0 Å². The Morgan fingerprint density at radius 1 is 1.15 bits per heavy atom. The average Bonchev–Trinajstić information content (AvgIpc) is 3.11. The van der Waals surface area contributed by atoms with Gasteiger partial charge < -0.3 is 9.47 Å². The number of rotatable bonds is 7. The highest BCUT2D eigenvalue weighted by Gasteiger charge is 2.07. The average molecular weight is 427 g/mol. The van der Waals surface area contributed by atoms with E-state index in [-0.39, 0.29) is 5.78 Å². The number of benzene rings is 2. The number of allylic oxidation sites excluding steroid dienone is 1. The number of hydrogen-bond donors (Lipinski definition) is 0. The quantitative estimate of drug-likeness (QED) is 0.408. The Morgan fingerprint density at radius 3 is 2.56 bits per heavy atom. The summed E-state index contributed by atoms with van der Waals surface area (Å²) in [6.45, 7) is 0.572. The standard InChI is InChI=1S/C21H19BrN2O3/c1-26-19-7-5-16(6-8-19)20(25)9-3-15-4-10-21(27-2)17(11-15)13-24-14-18(22)12-23-24/h3-12,14H,13H2,1-2H3/b9-3+. The zero-order chi connectivity index (χ0) is 19.2. The van der Waals surface area contributed by atoms with Crippen LogP contribution in [0.15, 0.2) is 65.4 Å². The van der Waals surface area contributed by atoms with E-state index in [9.17, 15) is 4.79 Å². The first kappa shape index (κ1) is 18.9. The molecule has 0 saturated carbocycles. The van der Waals surface area contributed by atoms with Crippen molar-refractivity contribution in [1.29, 1.82) is 0 Å². The highest BCUT2D eigenvalue weighted by Crippen LogP contribution is 2.22. The van der Waals surface area contributed by atoms with Gasteiger partial charge in [0.2, 0.25) is 0 Å². The van der Waals surface area contributed by atoms with Crippen molar-refractivity contribution in [3.05, 3.63) is 82.1 Å². The van der Waals surface area contributed by atoms with E-state index in [4.69, 9.17) is 9.47 Å². The molecule has 1 aromatic heterocycles. The van der Waals surface area contributed by atoms with Crippen molar-refractivity contribution in [1.82, 2.24) is 9.78 Å². The van der Waals surface area contributed by atoms with Crippen LogP contribution >= 0.6 is 15.9 Å². The zero-order valence-corrected chi connectivity index (χ0v) is 16.6. The van der Waals surface area contributed by atoms with Crippen molar-refractivity contribution < 1.29 is 14.3 Å². The number of hydrogen-bond acceptors (Lipinski definition) is 4. The van der Waals surface area contributed by atoms with Crippen LogP contribution in [0.5, 0.6) is 11.5 Å². The van der Waals surface area contributed by atoms with Crippen molar-refractivity contribution in [2.45, 2.75) is 6.54 Å². The van der Waals surface area contributed by atoms with Gasteiger partial charge in [-0.05, 0) is 64.0 Å². The Hall–Kier alpha value is -2.86. The number of carbonyl (C=O) groups is 1. The largest absolute Gasteiger partial charge is 0.497 e. The predicted octanol–water partition coefficient (Wildman–Crippen LogP) is 4.61. The highest BCUT2D eigenvalue weighted by atomic mass is 79.9. The molecule has 0 atom stereocenters. The molecule has 0 amide bonds. The Morgan fingerprint density at radius 2 is 1.93 bits per heavy atom. The van der Waals surface area contributed by atoms with Gasteiger partial charge in [-0.2, -0.15) is 5.10 Å². The molecule has 0 radical (unpaired) electrons. The Kier molecular flexibility index (Phi) is 6.08. The van der Waals surface area contributed by atoms with E-state index in [1.807, 2.05) is 29.1 Å². The van der Waals surface area contributed by atoms with Crippen molar-refractivity contribution in [2.24, 2.45) is 0 Å². The topological polar surface area (TPSA) is 53.4 Å². The summed E-state index contributed by atoms with van der Waals surface area (Å²) >= 11 is 3.40. The Labute approximate surface area is 166 Å². The molecule has 0 aliphatic heterocycles. The van der Waals surface area contributed by atoms with E-state index in [2.05, 4.69) is 21.0 Å². The van der Waals surface area contributed by atoms with Crippen molar-refractivity contribution >= 4 is 27.8 Å². The molecule has 2 aromatic carbocycles. The van der Waals surface area contributed by atoms with Crippen LogP contribution in [0.1, 0.15) is 21.5 Å². The van der Waals surface area contributed by atoms with Gasteiger partial charge in [0.1, 0.15) is 11.5 Å². The van der Waals surface area contributed by atoms with Crippen LogP contribution in [0.25, 0.3) is 6.08 Å². The first-order valence-corrected chi connectivity index (χ1v) is 9.09. The van der Waals surface area contributed by atoms with Gasteiger partial charge in [0.05, 0.1) is 31.4 Å². The number of methoxy groups -OCH3 is 2. The minimum atomic E-state index is -0.0639. The molecule has 0 aliphatic rings. The van der Waals surface area contributed by atoms with Crippen LogP contribution in [0.3, 0.4) is 0 Å². The van der Waals surface area contributed by atoms with Gasteiger partial charge in [-0.15, -0.1) is 0 Å². The van der Waals surface area contributed by atoms with Gasteiger partial charge in [-0.1, -0.05) is 12.1 Å². The second kappa shape index (κ2) is 8.68. The van der Waals surface area contributed by atoms with Crippen LogP contribution in [0.2, 0.25) is 0 Å². The smallest absolute Gasteiger partial charge is 0.185 e. The first-order chi connectivity index (χ1) is 13.1. The molecule has 0 saturated heterocycles. The lowest BCUT2D eigenvalue weighted by Gasteiger charge is -2.09. The van der Waals surface area contributed by atoms with Crippen LogP contribution in [0, 0.1) is 0 Å². The molecule has 0 N–H and O–H groups in total. The van der Waals surface area contributed by atoms with E-state index in [0.29, 0.717) is 12.1 Å². The third kappa shape index (κ3) is 4.86. The number of ether oxygens (including phenoxy) is 2. The molecule has 0 unspecified atom stereocenters. The van der Waals surface area contributed by atoms with Crippen molar-refractivity contribution in [3.8, 4) is 11.5 Å². The molecule has 0 bridgehead atoms. The summed E-state index contributed by atoms with van der Waals surface area (Å²) in [6.07, 6.45) is 7.01. The summed E-state index contributed by atoms with van der Waals surface area (Å²) in [5, 5.41) is 4.28. The summed E-state index contributed by atoms with van der Waals surface area (Å²) in [5.74, 6) is 1.44. The second-order valence-corrected chi connectivity index (χ2v) is 6.77. The summed E-state index contributed by atoms with van der Waals surface area (Å²) in [4.78, 5) is 12.3. The molecule has 138 valence electrons. The van der Waals surface area contributed by atoms with Crippen LogP contribution in [-0.2, 0) is 6.54 Å². The van der Waals surface area contributed by atoms with Crippen LogP contribution in [0.4, 0.5) is 0 Å². The zero-order valence-electron chi connectivity index (χ0n) is 15.1. The molecule has 0 aliphatic carbocycles. The minimum absolute atomic E-state index is 0.0639. The maximum atomic E-state index is 12.3. The summed E-state index contributed by atoms with van der Waals surface area (Å²) in [5.41, 5.74) is 2.51. The molecule has 6 heteroatoms. The second-order valence-electron chi connectivity index (χ2n) is 5.85. The van der Waals surface area contributed by atoms with E-state index in [0.717, 1.165) is 27.1 Å². The molecular formula is C21H19BrN2O3. The lowest BCUT2D eigenvalue weighted by molar-refractivity contribution is 0.104. The van der Waals surface area contributed by atoms with Crippen molar-refractivity contribution in [3.63, 3.8) is 0 Å². The van der Waals surface area contributed by atoms with Gasteiger partial charge in [0.25, 0.3) is 0 Å². The van der Waals surface area contributed by atoms with Gasteiger partial charge in [0, 0.05) is 17.3 Å². The summed E-state index contributed by atoms with van der Waals surface area (Å²) in [6, 6.07) is 12.8. The van der Waals surface area contributed by atoms with Crippen LogP contribution < -0.4 is 9.47 Å². The SMILES string of the molecule is COc1ccc(C(=O)/C=C/c2ccc(OC)c(Cn3cc(Br)cn3)c2)cc1. The molecule has 5 nitrogen and oxygen atoms in total. The molecular weight excluding hydrogens is 408 g/mol. The molecule has 3 rings (SSSR count). The van der Waals surface area contributed by atoms with Crippen molar-refractivity contribution in [2.75, 3.05) is 14.2 Å². The molecule has 1 heterocycles. The Bertz CT molecular complexity index is 962. The minimum Gasteiger partial charge on any atom is -0.497 e. The fraction of sp³-hybridized carbons (Fsp3) is 0.143. The number of aromatic nitrogens is 2. The third-order valence-corrected chi connectivity index (χ3v) is 4.45. The normalized spacial score (nSPS) is 10.9. The molecule has 3 aromatic rings. The van der Waals surface area contributed by atoms with E-state index >= 15 is 0 Å². The van der Waals surface area contributed by atoms with Gasteiger partial charge in [-0.25, -0.2) is 0 Å². The molecule has 0 spiro atoms. The number of ketones is 1. The van der Waals surface area contributed by atoms with Gasteiger partial charge in [-0.3, -0.25) is 9.48 Å². The maximum absolute atomic E-state index is 12.3. The lowest BCUT2D eigenvalue weighted by Crippen LogP contribution is -2.02. The number of halogens is 1. The van der Waals surface area contributed by atoms with Gasteiger partial charge in [0.15, 0.2) is 5.78 Å². The fourth-order valence-electron chi connectivity index (χ4n) is 2.65. The fourth-order valence-corrected chi connectivity index (χ4v) is 2.98. The van der Waals surface area contributed by atoms with Crippen LogP contribution in [-0.4, -0.2) is 29.8 Å². The molecule has 27 heavy (non-hydrogen) atoms. The monoisotopic (exact) mass is 426 g/mol. The van der Waals surface area contributed by atoms with E-state index in [1.54, 1.807) is 56.8 Å². The predicted molar refractivity (Wildman–Crippen MR) is 108 cm³/mol. The summed E-state index contributed by atoms with van der Waals surface area (Å²) in [7, 11) is 3.24. The summed E-state index contributed by atoms with van der Waals surface area (Å²) < 4.78 is 13.3. The number of nitrogens with zero attached hydrogens (tertiary/aromatic N) is 2. The number of carbonyl (C=O) groups excluding carboxylic acids is 1. The third-order valence-electron chi connectivity index (χ3n) is 4.04. The highest BCUT2D eigenvalue weighted by molar-refractivity contribution is 9.10. The van der Waals surface area contributed by atoms with E-state index < -0.39 is 0 Å². The molecule has 0 fully saturated rings. The Balaban J connectivity index is 1.78. The maximum Gasteiger partial charge on any atom is 0.185 e.